The Morgan fingerprint density at radius 3 is 2.66 bits per heavy atom. The minimum Gasteiger partial charge on any atom is -0.486 e. The van der Waals surface area contributed by atoms with Crippen molar-refractivity contribution in [1.29, 1.82) is 0 Å². The van der Waals surface area contributed by atoms with Gasteiger partial charge in [-0.05, 0) is 72.4 Å². The number of carbonyl (C=O) groups excluding carboxylic acids is 2. The highest BCUT2D eigenvalue weighted by atomic mass is 16.5. The molecule has 1 unspecified atom stereocenters. The molecule has 0 bridgehead atoms. The van der Waals surface area contributed by atoms with Crippen LogP contribution in [0.5, 0.6) is 5.75 Å². The molecule has 4 aromatic rings. The number of aryl methyl sites for hydroxylation is 1. The van der Waals surface area contributed by atoms with Gasteiger partial charge in [0.1, 0.15) is 18.1 Å². The second-order valence-corrected chi connectivity index (χ2v) is 11.0. The van der Waals surface area contributed by atoms with Crippen molar-refractivity contribution in [2.45, 2.75) is 52.7 Å². The Bertz CT molecular complexity index is 1480. The first-order chi connectivity index (χ1) is 19.9. The van der Waals surface area contributed by atoms with Crippen LogP contribution in [0.3, 0.4) is 0 Å². The van der Waals surface area contributed by atoms with Gasteiger partial charge in [0, 0.05) is 37.8 Å². The summed E-state index contributed by atoms with van der Waals surface area (Å²) < 4.78 is 11.9. The first kappa shape index (κ1) is 28.1. The zero-order valence-corrected chi connectivity index (χ0v) is 23.9. The summed E-state index contributed by atoms with van der Waals surface area (Å²) >= 11 is 0. The van der Waals surface area contributed by atoms with Gasteiger partial charge in [0.25, 0.3) is 5.91 Å². The van der Waals surface area contributed by atoms with Gasteiger partial charge in [0.15, 0.2) is 5.76 Å². The maximum absolute atomic E-state index is 13.3. The van der Waals surface area contributed by atoms with Gasteiger partial charge in [-0.25, -0.2) is 0 Å². The molecule has 1 atom stereocenters. The van der Waals surface area contributed by atoms with E-state index in [0.717, 1.165) is 23.2 Å². The number of benzene rings is 2. The van der Waals surface area contributed by atoms with E-state index >= 15 is 0 Å². The van der Waals surface area contributed by atoms with E-state index in [2.05, 4.69) is 61.4 Å². The minimum atomic E-state index is -0.270. The highest BCUT2D eigenvalue weighted by Crippen LogP contribution is 2.38. The molecule has 0 saturated carbocycles. The van der Waals surface area contributed by atoms with Crippen molar-refractivity contribution >= 4 is 11.8 Å². The molecule has 3 heterocycles. The van der Waals surface area contributed by atoms with Crippen molar-refractivity contribution in [2.75, 3.05) is 13.1 Å². The maximum Gasteiger partial charge on any atom is 0.287 e. The van der Waals surface area contributed by atoms with E-state index in [9.17, 15) is 9.59 Å². The van der Waals surface area contributed by atoms with Gasteiger partial charge in [0.2, 0.25) is 5.91 Å². The predicted octanol–water partition coefficient (Wildman–Crippen LogP) is 6.05. The third-order valence-electron chi connectivity index (χ3n) is 7.30. The second kappa shape index (κ2) is 12.9. The van der Waals surface area contributed by atoms with Gasteiger partial charge < -0.3 is 19.4 Å². The van der Waals surface area contributed by atoms with Crippen LogP contribution in [0.4, 0.5) is 0 Å². The number of ether oxygens (including phenoxy) is 1. The summed E-state index contributed by atoms with van der Waals surface area (Å²) in [5, 5.41) is 2.87. The fraction of sp³-hybridized carbons (Fsp3) is 0.324. The van der Waals surface area contributed by atoms with Crippen molar-refractivity contribution in [1.82, 2.24) is 15.2 Å². The Balaban J connectivity index is 1.27. The largest absolute Gasteiger partial charge is 0.486 e. The van der Waals surface area contributed by atoms with E-state index < -0.39 is 0 Å². The standard InChI is InChI=1S/C34H37N3O4/c1-23(2)20-32(38)37-19-16-25-11-12-28(21-30(25)33(37)26-9-7-24(3)8-10-26)40-22-29-13-14-31(41-29)34(39)36-18-15-27-6-4-5-17-35-27/h4-14,17,21,23,33H,15-16,18-20,22H2,1-3H3,(H,36,39). The van der Waals surface area contributed by atoms with Crippen molar-refractivity contribution in [3.05, 3.63) is 118 Å². The number of amides is 2. The Morgan fingerprint density at radius 2 is 1.90 bits per heavy atom. The molecule has 1 N–H and O–H groups in total. The summed E-state index contributed by atoms with van der Waals surface area (Å²) in [6.45, 7) is 7.57. The lowest BCUT2D eigenvalue weighted by molar-refractivity contribution is -0.134. The summed E-state index contributed by atoms with van der Waals surface area (Å²) in [5.74, 6) is 1.68. The molecule has 0 aliphatic carbocycles. The van der Waals surface area contributed by atoms with Gasteiger partial charge in [0.05, 0.1) is 6.04 Å². The van der Waals surface area contributed by atoms with E-state index in [1.54, 1.807) is 18.3 Å². The number of furan rings is 1. The highest BCUT2D eigenvalue weighted by molar-refractivity contribution is 5.91. The van der Waals surface area contributed by atoms with Crippen LogP contribution in [0.2, 0.25) is 0 Å². The fourth-order valence-electron chi connectivity index (χ4n) is 5.20. The molecule has 0 fully saturated rings. The summed E-state index contributed by atoms with van der Waals surface area (Å²) in [4.78, 5) is 32.1. The molecule has 1 aliphatic heterocycles. The van der Waals surface area contributed by atoms with E-state index in [1.165, 1.54) is 11.1 Å². The third kappa shape index (κ3) is 7.04. The molecule has 41 heavy (non-hydrogen) atoms. The van der Waals surface area contributed by atoms with E-state index in [1.807, 2.05) is 35.2 Å². The first-order valence-electron chi connectivity index (χ1n) is 14.3. The van der Waals surface area contributed by atoms with Gasteiger partial charge in [-0.2, -0.15) is 0 Å². The molecule has 2 aromatic heterocycles. The topological polar surface area (TPSA) is 84.7 Å². The molecule has 0 saturated heterocycles. The Hall–Kier alpha value is -4.39. The minimum absolute atomic E-state index is 0.167. The third-order valence-corrected chi connectivity index (χ3v) is 7.30. The number of aromatic nitrogens is 1. The molecule has 7 heteroatoms. The van der Waals surface area contributed by atoms with E-state index in [0.29, 0.717) is 43.4 Å². The highest BCUT2D eigenvalue weighted by Gasteiger charge is 2.32. The molecule has 212 valence electrons. The molecule has 7 nitrogen and oxygen atoms in total. The van der Waals surface area contributed by atoms with E-state index in [4.69, 9.17) is 9.15 Å². The van der Waals surface area contributed by atoms with Gasteiger partial charge in [-0.1, -0.05) is 55.8 Å². The molecular weight excluding hydrogens is 514 g/mol. The zero-order valence-electron chi connectivity index (χ0n) is 23.9. The zero-order chi connectivity index (χ0) is 28.8. The normalized spacial score (nSPS) is 14.5. The molecule has 5 rings (SSSR count). The Labute approximate surface area is 241 Å². The summed E-state index contributed by atoms with van der Waals surface area (Å²) in [5.41, 5.74) is 5.50. The molecular formula is C34H37N3O4. The average Bonchev–Trinajstić information content (AvgIpc) is 3.45. The van der Waals surface area contributed by atoms with Crippen LogP contribution in [-0.2, 0) is 24.2 Å². The van der Waals surface area contributed by atoms with Crippen LogP contribution in [-0.4, -0.2) is 34.8 Å². The summed E-state index contributed by atoms with van der Waals surface area (Å²) in [6, 6.07) is 23.5. The van der Waals surface area contributed by atoms with Gasteiger partial charge in [-0.3, -0.25) is 14.6 Å². The Morgan fingerprint density at radius 1 is 1.07 bits per heavy atom. The fourth-order valence-corrected chi connectivity index (χ4v) is 5.20. The lowest BCUT2D eigenvalue weighted by Crippen LogP contribution is -2.41. The summed E-state index contributed by atoms with van der Waals surface area (Å²) in [7, 11) is 0. The first-order valence-corrected chi connectivity index (χ1v) is 14.3. The maximum atomic E-state index is 13.3. The number of fused-ring (bicyclic) bond motifs is 1. The number of nitrogens with zero attached hydrogens (tertiary/aromatic N) is 2. The number of rotatable bonds is 10. The van der Waals surface area contributed by atoms with Crippen LogP contribution in [0, 0.1) is 12.8 Å². The lowest BCUT2D eigenvalue weighted by atomic mass is 9.87. The predicted molar refractivity (Wildman–Crippen MR) is 158 cm³/mol. The Kier molecular flexibility index (Phi) is 8.82. The molecule has 2 aromatic carbocycles. The van der Waals surface area contributed by atoms with Crippen LogP contribution in [0.15, 0.2) is 83.4 Å². The molecule has 0 radical (unpaired) electrons. The van der Waals surface area contributed by atoms with E-state index in [-0.39, 0.29) is 30.2 Å². The molecule has 0 spiro atoms. The monoisotopic (exact) mass is 551 g/mol. The SMILES string of the molecule is Cc1ccc(C2c3cc(OCc4ccc(C(=O)NCCc5ccccn5)o4)ccc3CCN2C(=O)CC(C)C)cc1. The number of nitrogens with one attached hydrogen (secondary N) is 1. The summed E-state index contributed by atoms with van der Waals surface area (Å²) in [6.07, 6.45) is 3.71. The van der Waals surface area contributed by atoms with Crippen LogP contribution in [0.1, 0.15) is 70.6 Å². The van der Waals surface area contributed by atoms with Crippen LogP contribution in [0.25, 0.3) is 0 Å². The average molecular weight is 552 g/mol. The van der Waals surface area contributed by atoms with Crippen molar-refractivity contribution < 1.29 is 18.7 Å². The smallest absolute Gasteiger partial charge is 0.287 e. The van der Waals surface area contributed by atoms with Gasteiger partial charge in [-0.15, -0.1) is 0 Å². The quantitative estimate of drug-likeness (QED) is 0.259. The van der Waals surface area contributed by atoms with Crippen LogP contribution >= 0.6 is 0 Å². The van der Waals surface area contributed by atoms with Gasteiger partial charge >= 0.3 is 0 Å². The number of carbonyl (C=O) groups is 2. The van der Waals surface area contributed by atoms with Crippen molar-refractivity contribution in [3.8, 4) is 5.75 Å². The van der Waals surface area contributed by atoms with Crippen LogP contribution < -0.4 is 10.1 Å². The van der Waals surface area contributed by atoms with Crippen molar-refractivity contribution in [3.63, 3.8) is 0 Å². The second-order valence-electron chi connectivity index (χ2n) is 11.0. The number of hydrogen-bond donors (Lipinski definition) is 1. The number of pyridine rings is 1. The molecule has 2 amide bonds. The number of hydrogen-bond acceptors (Lipinski definition) is 5. The molecule has 1 aliphatic rings. The lowest BCUT2D eigenvalue weighted by Gasteiger charge is -2.38. The van der Waals surface area contributed by atoms with Crippen molar-refractivity contribution in [2.24, 2.45) is 5.92 Å².